The molecule has 2 N–H and O–H groups in total. The molecule has 126 valence electrons. The van der Waals surface area contributed by atoms with E-state index < -0.39 is 0 Å². The van der Waals surface area contributed by atoms with Gasteiger partial charge in [0.1, 0.15) is 6.61 Å². The predicted octanol–water partition coefficient (Wildman–Crippen LogP) is 3.89. The molecule has 0 heterocycles. The summed E-state index contributed by atoms with van der Waals surface area (Å²) >= 11 is 5.87. The zero-order valence-electron chi connectivity index (χ0n) is 13.4. The van der Waals surface area contributed by atoms with Gasteiger partial charge in [0, 0.05) is 23.7 Å². The second-order valence-electron chi connectivity index (χ2n) is 6.08. The number of rotatable bonds is 6. The third-order valence-electron chi connectivity index (χ3n) is 4.18. The molecule has 2 aromatic rings. The normalized spacial score (nSPS) is 19.4. The van der Waals surface area contributed by atoms with Crippen LogP contribution in [0, 0.1) is 0 Å². The Morgan fingerprint density at radius 1 is 1.00 bits per heavy atom. The molecular formula is C19H21ClN2O2. The molecule has 0 radical (unpaired) electrons. The van der Waals surface area contributed by atoms with Crippen LogP contribution in [0.15, 0.2) is 54.6 Å². The fraction of sp³-hybridized carbons (Fsp3) is 0.316. The first kappa shape index (κ1) is 16.8. The van der Waals surface area contributed by atoms with Gasteiger partial charge in [-0.1, -0.05) is 54.1 Å². The molecule has 0 saturated heterocycles. The minimum atomic E-state index is -0.347. The van der Waals surface area contributed by atoms with E-state index in [1.54, 1.807) is 0 Å². The van der Waals surface area contributed by atoms with Crippen LogP contribution >= 0.6 is 11.6 Å². The van der Waals surface area contributed by atoms with Crippen molar-refractivity contribution in [1.82, 2.24) is 10.6 Å². The molecule has 5 heteroatoms. The Bertz CT molecular complexity index is 655. The van der Waals surface area contributed by atoms with E-state index in [-0.39, 0.29) is 12.1 Å². The van der Waals surface area contributed by atoms with E-state index in [4.69, 9.17) is 16.3 Å². The lowest BCUT2D eigenvalue weighted by Crippen LogP contribution is -2.52. The van der Waals surface area contributed by atoms with Crippen LogP contribution in [0.1, 0.15) is 24.0 Å². The molecule has 24 heavy (non-hydrogen) atoms. The number of benzene rings is 2. The lowest BCUT2D eigenvalue weighted by molar-refractivity contribution is 0.125. The molecule has 1 saturated carbocycles. The van der Waals surface area contributed by atoms with Crippen LogP contribution in [0.2, 0.25) is 5.02 Å². The summed E-state index contributed by atoms with van der Waals surface area (Å²) in [5.74, 6) is 0. The molecule has 4 nitrogen and oxygen atoms in total. The highest BCUT2D eigenvalue weighted by Crippen LogP contribution is 2.21. The van der Waals surface area contributed by atoms with Crippen LogP contribution in [0.4, 0.5) is 4.79 Å². The lowest BCUT2D eigenvalue weighted by atomic mass is 9.87. The van der Waals surface area contributed by atoms with Crippen LogP contribution in [0.5, 0.6) is 0 Å². The van der Waals surface area contributed by atoms with E-state index >= 15 is 0 Å². The standard InChI is InChI=1S/C19H21ClN2O2/c20-16-8-6-14(7-9-16)12-21-17-10-18(11-17)22-19(23)24-13-15-4-2-1-3-5-15/h1-9,17-18,21H,10-13H2,(H,22,23). The first-order valence-electron chi connectivity index (χ1n) is 8.14. The van der Waals surface area contributed by atoms with Crippen LogP contribution in [-0.4, -0.2) is 18.2 Å². The van der Waals surface area contributed by atoms with E-state index in [1.807, 2.05) is 54.6 Å². The van der Waals surface area contributed by atoms with E-state index in [2.05, 4.69) is 10.6 Å². The highest BCUT2D eigenvalue weighted by Gasteiger charge is 2.30. The zero-order valence-corrected chi connectivity index (χ0v) is 14.1. The van der Waals surface area contributed by atoms with Gasteiger partial charge < -0.3 is 15.4 Å². The summed E-state index contributed by atoms with van der Waals surface area (Å²) in [4.78, 5) is 11.8. The minimum absolute atomic E-state index is 0.191. The third kappa shape index (κ3) is 4.98. The van der Waals surface area contributed by atoms with E-state index in [0.29, 0.717) is 12.6 Å². The average molecular weight is 345 g/mol. The molecule has 0 aromatic heterocycles. The largest absolute Gasteiger partial charge is 0.445 e. The van der Waals surface area contributed by atoms with Gasteiger partial charge in [0.2, 0.25) is 0 Å². The summed E-state index contributed by atoms with van der Waals surface area (Å²) in [5, 5.41) is 7.13. The highest BCUT2D eigenvalue weighted by atomic mass is 35.5. The maximum Gasteiger partial charge on any atom is 0.407 e. The maximum atomic E-state index is 11.8. The molecule has 0 unspecified atom stereocenters. The first-order valence-corrected chi connectivity index (χ1v) is 8.52. The Morgan fingerprint density at radius 2 is 1.71 bits per heavy atom. The molecule has 0 aliphatic heterocycles. The van der Waals surface area contributed by atoms with Crippen molar-refractivity contribution in [3.63, 3.8) is 0 Å². The molecule has 1 fully saturated rings. The topological polar surface area (TPSA) is 50.4 Å². The summed E-state index contributed by atoms with van der Waals surface area (Å²) in [6.45, 7) is 1.12. The summed E-state index contributed by atoms with van der Waals surface area (Å²) in [6, 6.07) is 18.1. The van der Waals surface area contributed by atoms with Gasteiger partial charge in [-0.3, -0.25) is 0 Å². The van der Waals surface area contributed by atoms with E-state index in [1.165, 1.54) is 5.56 Å². The number of nitrogens with one attached hydrogen (secondary N) is 2. The fourth-order valence-corrected chi connectivity index (χ4v) is 2.82. The van der Waals surface area contributed by atoms with Gasteiger partial charge in [-0.15, -0.1) is 0 Å². The molecule has 1 aliphatic carbocycles. The first-order chi connectivity index (χ1) is 11.7. The number of amides is 1. The summed E-state index contributed by atoms with van der Waals surface area (Å²) < 4.78 is 5.23. The van der Waals surface area contributed by atoms with Gasteiger partial charge in [-0.05, 0) is 36.1 Å². The molecule has 0 bridgehead atoms. The van der Waals surface area contributed by atoms with Gasteiger partial charge in [0.25, 0.3) is 0 Å². The van der Waals surface area contributed by atoms with Gasteiger partial charge in [-0.25, -0.2) is 4.79 Å². The molecule has 0 atom stereocenters. The maximum absolute atomic E-state index is 11.8. The van der Waals surface area contributed by atoms with Crippen LogP contribution < -0.4 is 10.6 Å². The molecule has 1 aliphatic rings. The van der Waals surface area contributed by atoms with Crippen molar-refractivity contribution in [2.45, 2.75) is 38.1 Å². The predicted molar refractivity (Wildman–Crippen MR) is 94.9 cm³/mol. The van der Waals surface area contributed by atoms with E-state index in [9.17, 15) is 4.79 Å². The zero-order chi connectivity index (χ0) is 16.8. The molecule has 2 aromatic carbocycles. The molecule has 0 spiro atoms. The van der Waals surface area contributed by atoms with Crippen LogP contribution in [-0.2, 0) is 17.9 Å². The SMILES string of the molecule is O=C(NC1CC(NCc2ccc(Cl)cc2)C1)OCc1ccccc1. The van der Waals surface area contributed by atoms with Gasteiger partial charge in [0.15, 0.2) is 0 Å². The molecule has 3 rings (SSSR count). The van der Waals surface area contributed by atoms with Gasteiger partial charge >= 0.3 is 6.09 Å². The Kier molecular flexibility index (Phi) is 5.72. The monoisotopic (exact) mass is 344 g/mol. The van der Waals surface area contributed by atoms with Crippen molar-refractivity contribution in [1.29, 1.82) is 0 Å². The van der Waals surface area contributed by atoms with Crippen LogP contribution in [0.25, 0.3) is 0 Å². The number of halogens is 1. The molecule has 1 amide bonds. The third-order valence-corrected chi connectivity index (χ3v) is 4.43. The van der Waals surface area contributed by atoms with Crippen molar-refractivity contribution in [2.24, 2.45) is 0 Å². The van der Waals surface area contributed by atoms with Crippen molar-refractivity contribution in [3.05, 3.63) is 70.7 Å². The second kappa shape index (κ2) is 8.18. The number of hydrogen-bond acceptors (Lipinski definition) is 3. The van der Waals surface area contributed by atoms with Crippen LogP contribution in [0.3, 0.4) is 0 Å². The average Bonchev–Trinajstić information content (AvgIpc) is 2.57. The van der Waals surface area contributed by atoms with Crippen molar-refractivity contribution >= 4 is 17.7 Å². The Labute approximate surface area is 147 Å². The van der Waals surface area contributed by atoms with Gasteiger partial charge in [0.05, 0.1) is 0 Å². The number of carbonyl (C=O) groups excluding carboxylic acids is 1. The fourth-order valence-electron chi connectivity index (χ4n) is 2.70. The Hall–Kier alpha value is -2.04. The van der Waals surface area contributed by atoms with Crippen molar-refractivity contribution in [2.75, 3.05) is 0 Å². The van der Waals surface area contributed by atoms with E-state index in [0.717, 1.165) is 30.0 Å². The van der Waals surface area contributed by atoms with Gasteiger partial charge in [-0.2, -0.15) is 0 Å². The number of alkyl carbamates (subject to hydrolysis) is 1. The quantitative estimate of drug-likeness (QED) is 0.836. The Balaban J connectivity index is 1.30. The summed E-state index contributed by atoms with van der Waals surface area (Å²) in [6.07, 6.45) is 1.50. The number of ether oxygens (including phenoxy) is 1. The minimum Gasteiger partial charge on any atom is -0.445 e. The number of carbonyl (C=O) groups is 1. The summed E-state index contributed by atoms with van der Waals surface area (Å²) in [5.41, 5.74) is 2.20. The Morgan fingerprint density at radius 3 is 2.42 bits per heavy atom. The lowest BCUT2D eigenvalue weighted by Gasteiger charge is -2.36. The number of hydrogen-bond donors (Lipinski definition) is 2. The molecular weight excluding hydrogens is 324 g/mol. The smallest absolute Gasteiger partial charge is 0.407 e. The second-order valence-corrected chi connectivity index (χ2v) is 6.52. The van der Waals surface area contributed by atoms with Crippen molar-refractivity contribution < 1.29 is 9.53 Å². The highest BCUT2D eigenvalue weighted by molar-refractivity contribution is 6.30. The van der Waals surface area contributed by atoms with Crippen molar-refractivity contribution in [3.8, 4) is 0 Å². The summed E-state index contributed by atoms with van der Waals surface area (Å²) in [7, 11) is 0.